The summed E-state index contributed by atoms with van der Waals surface area (Å²) >= 11 is 0. The number of para-hydroxylation sites is 1. The van der Waals surface area contributed by atoms with E-state index in [1.54, 1.807) is 18.2 Å². The molecular weight excluding hydrogens is 382 g/mol. The van der Waals surface area contributed by atoms with Crippen LogP contribution >= 0.6 is 0 Å². The Labute approximate surface area is 170 Å². The summed E-state index contributed by atoms with van der Waals surface area (Å²) < 4.78 is 6.95. The number of fused-ring (bicyclic) bond motifs is 4. The number of benzene rings is 3. The van der Waals surface area contributed by atoms with Crippen LogP contribution < -0.4 is 10.9 Å². The second kappa shape index (κ2) is 6.73. The number of amides is 1. The zero-order valence-corrected chi connectivity index (χ0v) is 16.0. The van der Waals surface area contributed by atoms with Crippen LogP contribution in [0.3, 0.4) is 0 Å². The van der Waals surface area contributed by atoms with E-state index >= 15 is 0 Å². The number of carbonyl (C=O) groups is 1. The summed E-state index contributed by atoms with van der Waals surface area (Å²) in [6.45, 7) is 0. The third kappa shape index (κ3) is 2.88. The molecule has 2 N–H and O–H groups in total. The molecule has 0 unspecified atom stereocenters. The van der Waals surface area contributed by atoms with Crippen LogP contribution in [0, 0.1) is 0 Å². The number of anilines is 1. The number of aromatic nitrogens is 2. The molecule has 30 heavy (non-hydrogen) atoms. The Kier molecular flexibility index (Phi) is 4.03. The maximum atomic E-state index is 12.7. The van der Waals surface area contributed by atoms with Crippen molar-refractivity contribution in [3.63, 3.8) is 0 Å². The van der Waals surface area contributed by atoms with Crippen molar-refractivity contribution in [1.29, 1.82) is 0 Å². The summed E-state index contributed by atoms with van der Waals surface area (Å²) in [5.41, 5.74) is 2.17. The van der Waals surface area contributed by atoms with Gasteiger partial charge in [-0.1, -0.05) is 30.3 Å². The number of hydrogen-bond acceptors (Lipinski definition) is 5. The molecule has 0 saturated carbocycles. The van der Waals surface area contributed by atoms with Gasteiger partial charge in [-0.25, -0.2) is 4.68 Å². The van der Waals surface area contributed by atoms with Gasteiger partial charge in [0.05, 0.1) is 17.5 Å². The predicted octanol–water partition coefficient (Wildman–Crippen LogP) is 3.72. The molecule has 2 aromatic heterocycles. The summed E-state index contributed by atoms with van der Waals surface area (Å²) in [6, 6.07) is 17.9. The van der Waals surface area contributed by atoms with Crippen LogP contribution in [0.15, 0.2) is 69.9 Å². The lowest BCUT2D eigenvalue weighted by Gasteiger charge is -2.10. The first-order chi connectivity index (χ1) is 14.5. The Morgan fingerprint density at radius 3 is 2.67 bits per heavy atom. The zero-order valence-electron chi connectivity index (χ0n) is 16.0. The summed E-state index contributed by atoms with van der Waals surface area (Å²) in [4.78, 5) is 25.0. The first-order valence-corrected chi connectivity index (χ1v) is 9.40. The Morgan fingerprint density at radius 1 is 1.03 bits per heavy atom. The highest BCUT2D eigenvalue weighted by Crippen LogP contribution is 2.30. The monoisotopic (exact) mass is 399 g/mol. The summed E-state index contributed by atoms with van der Waals surface area (Å²) in [7, 11) is 1.49. The van der Waals surface area contributed by atoms with Crippen molar-refractivity contribution in [2.75, 3.05) is 5.32 Å². The van der Waals surface area contributed by atoms with Gasteiger partial charge in [-0.2, -0.15) is 5.10 Å². The molecule has 0 radical (unpaired) electrons. The van der Waals surface area contributed by atoms with Crippen molar-refractivity contribution < 1.29 is 14.3 Å². The fraction of sp³-hybridized carbons (Fsp3) is 0.0870. The SMILES string of the molecule is Cn1nc(CC(=O)Nc2ccc3oc4ccccc4c3c2)c2cccc(O)c2c1=O. The molecular formula is C23H17N3O4. The van der Waals surface area contributed by atoms with E-state index in [-0.39, 0.29) is 23.5 Å². The van der Waals surface area contributed by atoms with E-state index in [0.29, 0.717) is 16.8 Å². The fourth-order valence-corrected chi connectivity index (χ4v) is 3.74. The van der Waals surface area contributed by atoms with E-state index in [1.807, 2.05) is 36.4 Å². The standard InChI is InChI=1S/C23H17N3O4/c1-26-23(29)22-15(6-4-7-18(22)27)17(25-26)12-21(28)24-13-9-10-20-16(11-13)14-5-2-3-8-19(14)30-20/h2-11,27H,12H2,1H3,(H,24,28). The summed E-state index contributed by atoms with van der Waals surface area (Å²) in [5.74, 6) is -0.410. The summed E-state index contributed by atoms with van der Waals surface area (Å²) in [6.07, 6.45) is -0.0434. The molecule has 5 aromatic rings. The van der Waals surface area contributed by atoms with Crippen LogP contribution in [-0.2, 0) is 18.3 Å². The largest absolute Gasteiger partial charge is 0.507 e. The number of rotatable bonds is 3. The van der Waals surface area contributed by atoms with Gasteiger partial charge in [0.1, 0.15) is 16.9 Å². The van der Waals surface area contributed by atoms with Crippen molar-refractivity contribution >= 4 is 44.3 Å². The quantitative estimate of drug-likeness (QED) is 0.482. The molecule has 0 spiro atoms. The van der Waals surface area contributed by atoms with Gasteiger partial charge in [0, 0.05) is 28.9 Å². The number of furan rings is 1. The molecule has 5 rings (SSSR count). The lowest BCUT2D eigenvalue weighted by Crippen LogP contribution is -2.24. The minimum Gasteiger partial charge on any atom is -0.507 e. The number of phenolic OH excluding ortho intramolecular Hbond substituents is 1. The highest BCUT2D eigenvalue weighted by Gasteiger charge is 2.15. The van der Waals surface area contributed by atoms with E-state index in [9.17, 15) is 14.7 Å². The number of carbonyl (C=O) groups excluding carboxylic acids is 1. The smallest absolute Gasteiger partial charge is 0.278 e. The van der Waals surface area contributed by atoms with E-state index in [2.05, 4.69) is 10.4 Å². The van der Waals surface area contributed by atoms with E-state index in [4.69, 9.17) is 4.42 Å². The zero-order chi connectivity index (χ0) is 20.8. The molecule has 0 aliphatic heterocycles. The molecule has 7 nitrogen and oxygen atoms in total. The minimum atomic E-state index is -0.412. The Balaban J connectivity index is 1.48. The molecule has 0 bridgehead atoms. The predicted molar refractivity (Wildman–Crippen MR) is 115 cm³/mol. The average Bonchev–Trinajstić information content (AvgIpc) is 3.10. The van der Waals surface area contributed by atoms with Crippen LogP contribution in [0.25, 0.3) is 32.7 Å². The highest BCUT2D eigenvalue weighted by molar-refractivity contribution is 6.07. The number of nitrogens with one attached hydrogen (secondary N) is 1. The van der Waals surface area contributed by atoms with Crippen LogP contribution in [-0.4, -0.2) is 20.8 Å². The molecule has 0 atom stereocenters. The first-order valence-electron chi connectivity index (χ1n) is 9.40. The molecule has 0 aliphatic rings. The molecule has 2 heterocycles. The number of nitrogens with zero attached hydrogens (tertiary/aromatic N) is 2. The number of hydrogen-bond donors (Lipinski definition) is 2. The van der Waals surface area contributed by atoms with Crippen LogP contribution in [0.5, 0.6) is 5.75 Å². The van der Waals surface area contributed by atoms with Gasteiger partial charge in [-0.15, -0.1) is 0 Å². The Morgan fingerprint density at radius 2 is 1.80 bits per heavy atom. The van der Waals surface area contributed by atoms with E-state index in [0.717, 1.165) is 26.6 Å². The van der Waals surface area contributed by atoms with Crippen LogP contribution in [0.2, 0.25) is 0 Å². The Bertz CT molecular complexity index is 1510. The maximum Gasteiger partial charge on any atom is 0.278 e. The molecule has 0 fully saturated rings. The highest BCUT2D eigenvalue weighted by atomic mass is 16.3. The summed E-state index contributed by atoms with van der Waals surface area (Å²) in [5, 5.41) is 19.7. The second-order valence-corrected chi connectivity index (χ2v) is 7.11. The topological polar surface area (TPSA) is 97.4 Å². The van der Waals surface area contributed by atoms with Crippen molar-refractivity contribution in [3.05, 3.63) is 76.7 Å². The third-order valence-electron chi connectivity index (χ3n) is 5.12. The van der Waals surface area contributed by atoms with Gasteiger partial charge in [0.15, 0.2) is 0 Å². The van der Waals surface area contributed by atoms with Crippen molar-refractivity contribution in [2.45, 2.75) is 6.42 Å². The maximum absolute atomic E-state index is 12.7. The lowest BCUT2D eigenvalue weighted by atomic mass is 10.1. The minimum absolute atomic E-state index is 0.0434. The molecule has 0 aliphatic carbocycles. The third-order valence-corrected chi connectivity index (χ3v) is 5.12. The van der Waals surface area contributed by atoms with E-state index < -0.39 is 5.56 Å². The second-order valence-electron chi connectivity index (χ2n) is 7.11. The number of aromatic hydroxyl groups is 1. The molecule has 3 aromatic carbocycles. The van der Waals surface area contributed by atoms with Crippen LogP contribution in [0.4, 0.5) is 5.69 Å². The molecule has 7 heteroatoms. The van der Waals surface area contributed by atoms with E-state index in [1.165, 1.54) is 13.1 Å². The normalized spacial score (nSPS) is 11.4. The van der Waals surface area contributed by atoms with Crippen molar-refractivity contribution in [3.8, 4) is 5.75 Å². The number of phenols is 1. The molecule has 0 saturated heterocycles. The van der Waals surface area contributed by atoms with Gasteiger partial charge in [0.2, 0.25) is 5.91 Å². The average molecular weight is 399 g/mol. The van der Waals surface area contributed by atoms with Gasteiger partial charge >= 0.3 is 0 Å². The lowest BCUT2D eigenvalue weighted by molar-refractivity contribution is -0.115. The van der Waals surface area contributed by atoms with Crippen molar-refractivity contribution in [1.82, 2.24) is 9.78 Å². The first kappa shape index (κ1) is 17.9. The van der Waals surface area contributed by atoms with Gasteiger partial charge in [-0.05, 0) is 30.3 Å². The molecule has 148 valence electrons. The number of aryl methyl sites for hydroxylation is 1. The fourth-order valence-electron chi connectivity index (χ4n) is 3.74. The van der Waals surface area contributed by atoms with Gasteiger partial charge < -0.3 is 14.8 Å². The molecule has 1 amide bonds. The van der Waals surface area contributed by atoms with Gasteiger partial charge in [0.25, 0.3) is 5.56 Å². The van der Waals surface area contributed by atoms with Gasteiger partial charge in [-0.3, -0.25) is 9.59 Å². The Hall–Kier alpha value is -4.13. The van der Waals surface area contributed by atoms with Crippen LogP contribution in [0.1, 0.15) is 5.69 Å². The van der Waals surface area contributed by atoms with Crippen molar-refractivity contribution in [2.24, 2.45) is 7.05 Å².